The molecule has 0 radical (unpaired) electrons. The minimum absolute atomic E-state index is 0.162. The number of anilines is 1. The Balaban J connectivity index is 2.52. The molecule has 0 aliphatic carbocycles. The van der Waals surface area contributed by atoms with Crippen LogP contribution in [-0.4, -0.2) is 46.8 Å². The van der Waals surface area contributed by atoms with E-state index in [0.29, 0.717) is 0 Å². The Labute approximate surface area is 97.9 Å². The monoisotopic (exact) mass is 244 g/mol. The molecule has 1 aromatic heterocycles. The fourth-order valence-corrected chi connectivity index (χ4v) is 1.15. The van der Waals surface area contributed by atoms with Gasteiger partial charge in [0, 0.05) is 12.4 Å². The maximum absolute atomic E-state index is 12.1. The van der Waals surface area contributed by atoms with E-state index in [9.17, 15) is 13.6 Å². The first-order valence-corrected chi connectivity index (χ1v) is 5.07. The molecule has 0 aliphatic rings. The van der Waals surface area contributed by atoms with E-state index in [1.807, 2.05) is 0 Å². The van der Waals surface area contributed by atoms with Crippen molar-refractivity contribution in [1.82, 2.24) is 14.9 Å². The lowest BCUT2D eigenvalue weighted by atomic mass is 10.3. The Kier molecular flexibility index (Phi) is 4.89. The molecule has 1 aromatic rings. The van der Waals surface area contributed by atoms with Gasteiger partial charge in [0.15, 0.2) is 0 Å². The lowest BCUT2D eigenvalue weighted by molar-refractivity contribution is -0.120. The van der Waals surface area contributed by atoms with Gasteiger partial charge in [-0.25, -0.2) is 18.7 Å². The van der Waals surface area contributed by atoms with Crippen LogP contribution in [0.3, 0.4) is 0 Å². The Hall–Kier alpha value is -1.63. The topological polar surface area (TPSA) is 58.1 Å². The number of rotatable bonds is 5. The molecule has 1 amide bonds. The number of hydrogen-bond donors (Lipinski definition) is 1. The molecular formula is C10H14F2N4O. The number of aromatic nitrogens is 2. The Morgan fingerprint density at radius 3 is 2.59 bits per heavy atom. The number of alkyl halides is 2. The van der Waals surface area contributed by atoms with E-state index in [1.54, 1.807) is 13.0 Å². The SMILES string of the molecule is C[C@H](C(=O)Nc1ncccn1)N(C)CC(F)F. The molecule has 0 aliphatic heterocycles. The van der Waals surface area contributed by atoms with Gasteiger partial charge in [-0.3, -0.25) is 15.0 Å². The zero-order valence-corrected chi connectivity index (χ0v) is 9.60. The van der Waals surface area contributed by atoms with E-state index in [1.165, 1.54) is 24.3 Å². The number of carbonyl (C=O) groups excluding carboxylic acids is 1. The van der Waals surface area contributed by atoms with Crippen LogP contribution in [0, 0.1) is 0 Å². The van der Waals surface area contributed by atoms with E-state index in [4.69, 9.17) is 0 Å². The quantitative estimate of drug-likeness (QED) is 0.839. The van der Waals surface area contributed by atoms with Crippen LogP contribution in [0.5, 0.6) is 0 Å². The highest BCUT2D eigenvalue weighted by Gasteiger charge is 2.21. The molecule has 7 heteroatoms. The van der Waals surface area contributed by atoms with Gasteiger partial charge in [-0.15, -0.1) is 0 Å². The van der Waals surface area contributed by atoms with Crippen LogP contribution in [0.1, 0.15) is 6.92 Å². The third kappa shape index (κ3) is 4.39. The molecule has 0 saturated carbocycles. The number of amides is 1. The first kappa shape index (κ1) is 13.4. The first-order valence-electron chi connectivity index (χ1n) is 5.07. The summed E-state index contributed by atoms with van der Waals surface area (Å²) in [5, 5.41) is 2.45. The Morgan fingerprint density at radius 1 is 1.47 bits per heavy atom. The van der Waals surface area contributed by atoms with Gasteiger partial charge in [-0.2, -0.15) is 0 Å². The molecule has 0 spiro atoms. The van der Waals surface area contributed by atoms with Gasteiger partial charge in [-0.1, -0.05) is 0 Å². The van der Waals surface area contributed by atoms with Gasteiger partial charge in [-0.05, 0) is 20.0 Å². The molecule has 0 fully saturated rings. The predicted octanol–water partition coefficient (Wildman–Crippen LogP) is 1.00. The summed E-state index contributed by atoms with van der Waals surface area (Å²) in [4.78, 5) is 20.5. The molecular weight excluding hydrogens is 230 g/mol. The summed E-state index contributed by atoms with van der Waals surface area (Å²) < 4.78 is 24.3. The zero-order valence-electron chi connectivity index (χ0n) is 9.60. The van der Waals surface area contributed by atoms with E-state index in [2.05, 4.69) is 15.3 Å². The van der Waals surface area contributed by atoms with E-state index < -0.39 is 24.9 Å². The Morgan fingerprint density at radius 2 is 2.06 bits per heavy atom. The van der Waals surface area contributed by atoms with Crippen molar-refractivity contribution < 1.29 is 13.6 Å². The van der Waals surface area contributed by atoms with Crippen molar-refractivity contribution in [3.63, 3.8) is 0 Å². The highest BCUT2D eigenvalue weighted by molar-refractivity contribution is 5.92. The molecule has 94 valence electrons. The third-order valence-corrected chi connectivity index (χ3v) is 2.27. The van der Waals surface area contributed by atoms with Crippen molar-refractivity contribution in [3.8, 4) is 0 Å². The standard InChI is InChI=1S/C10H14F2N4O/c1-7(16(2)6-8(11)12)9(17)15-10-13-4-3-5-14-10/h3-5,7-8H,6H2,1-2H3,(H,13,14,15,17)/t7-/m1/s1. The number of carbonyl (C=O) groups is 1. The fourth-order valence-electron chi connectivity index (χ4n) is 1.15. The normalized spacial score (nSPS) is 12.8. The summed E-state index contributed by atoms with van der Waals surface area (Å²) in [7, 11) is 1.46. The number of nitrogens with one attached hydrogen (secondary N) is 1. The van der Waals surface area contributed by atoms with E-state index in [0.717, 1.165) is 0 Å². The van der Waals surface area contributed by atoms with Gasteiger partial charge in [0.25, 0.3) is 6.43 Å². The number of hydrogen-bond acceptors (Lipinski definition) is 4. The second-order valence-electron chi connectivity index (χ2n) is 3.57. The Bertz CT molecular complexity index is 361. The van der Waals surface area contributed by atoms with Crippen LogP contribution in [-0.2, 0) is 4.79 Å². The lowest BCUT2D eigenvalue weighted by Crippen LogP contribution is -2.42. The van der Waals surface area contributed by atoms with Crippen molar-refractivity contribution in [2.24, 2.45) is 0 Å². The fraction of sp³-hybridized carbons (Fsp3) is 0.500. The van der Waals surface area contributed by atoms with Gasteiger partial charge in [0.1, 0.15) is 0 Å². The lowest BCUT2D eigenvalue weighted by Gasteiger charge is -2.22. The molecule has 17 heavy (non-hydrogen) atoms. The molecule has 0 saturated heterocycles. The van der Waals surface area contributed by atoms with Crippen LogP contribution in [0.2, 0.25) is 0 Å². The summed E-state index contributed by atoms with van der Waals surface area (Å²) in [5.74, 6) is -0.255. The molecule has 0 aromatic carbocycles. The van der Waals surface area contributed by atoms with Crippen LogP contribution < -0.4 is 5.32 Å². The van der Waals surface area contributed by atoms with Crippen molar-refractivity contribution in [1.29, 1.82) is 0 Å². The van der Waals surface area contributed by atoms with Crippen molar-refractivity contribution in [2.75, 3.05) is 18.9 Å². The second-order valence-corrected chi connectivity index (χ2v) is 3.57. The maximum Gasteiger partial charge on any atom is 0.251 e. The second kappa shape index (κ2) is 6.19. The largest absolute Gasteiger partial charge is 0.293 e. The van der Waals surface area contributed by atoms with Gasteiger partial charge in [0.2, 0.25) is 11.9 Å². The van der Waals surface area contributed by atoms with Gasteiger partial charge < -0.3 is 0 Å². The summed E-state index contributed by atoms with van der Waals surface area (Å²) >= 11 is 0. The minimum atomic E-state index is -2.47. The van der Waals surface area contributed by atoms with Crippen molar-refractivity contribution in [3.05, 3.63) is 18.5 Å². The molecule has 1 atom stereocenters. The molecule has 1 N–H and O–H groups in total. The average Bonchev–Trinajstić information content (AvgIpc) is 2.28. The van der Waals surface area contributed by atoms with Crippen LogP contribution >= 0.6 is 0 Å². The minimum Gasteiger partial charge on any atom is -0.293 e. The number of likely N-dealkylation sites (N-methyl/N-ethyl adjacent to an activating group) is 1. The molecule has 0 unspecified atom stereocenters. The van der Waals surface area contributed by atoms with Crippen molar-refractivity contribution >= 4 is 11.9 Å². The smallest absolute Gasteiger partial charge is 0.251 e. The number of halogens is 2. The summed E-state index contributed by atoms with van der Waals surface area (Å²) in [6.45, 7) is 1.09. The zero-order chi connectivity index (χ0) is 12.8. The first-order chi connectivity index (χ1) is 8.00. The predicted molar refractivity (Wildman–Crippen MR) is 58.8 cm³/mol. The molecule has 1 heterocycles. The highest BCUT2D eigenvalue weighted by Crippen LogP contribution is 2.04. The van der Waals surface area contributed by atoms with Crippen LogP contribution in [0.15, 0.2) is 18.5 Å². The van der Waals surface area contributed by atoms with Crippen LogP contribution in [0.4, 0.5) is 14.7 Å². The van der Waals surface area contributed by atoms with Gasteiger partial charge in [0.05, 0.1) is 12.6 Å². The third-order valence-electron chi connectivity index (χ3n) is 2.27. The molecule has 1 rings (SSSR count). The van der Waals surface area contributed by atoms with Gasteiger partial charge >= 0.3 is 0 Å². The molecule has 5 nitrogen and oxygen atoms in total. The summed E-state index contributed by atoms with van der Waals surface area (Å²) in [6, 6.07) is 0.940. The number of nitrogens with zero attached hydrogens (tertiary/aromatic N) is 3. The van der Waals surface area contributed by atoms with E-state index in [-0.39, 0.29) is 5.95 Å². The van der Waals surface area contributed by atoms with Crippen LogP contribution in [0.25, 0.3) is 0 Å². The maximum atomic E-state index is 12.1. The molecule has 0 bridgehead atoms. The van der Waals surface area contributed by atoms with Crippen molar-refractivity contribution in [2.45, 2.75) is 19.4 Å². The highest BCUT2D eigenvalue weighted by atomic mass is 19.3. The summed E-state index contributed by atoms with van der Waals surface area (Å²) in [6.07, 6.45) is 0.495. The summed E-state index contributed by atoms with van der Waals surface area (Å²) in [5.41, 5.74) is 0. The average molecular weight is 244 g/mol. The van der Waals surface area contributed by atoms with E-state index >= 15 is 0 Å².